The maximum atomic E-state index is 12.9. The molecule has 0 radical (unpaired) electrons. The van der Waals surface area contributed by atoms with E-state index in [1.165, 1.54) is 11.8 Å². The third-order valence-electron chi connectivity index (χ3n) is 5.03. The molecule has 3 heterocycles. The first-order valence-corrected chi connectivity index (χ1v) is 11.3. The molecule has 0 spiro atoms. The zero-order valence-corrected chi connectivity index (χ0v) is 18.5. The van der Waals surface area contributed by atoms with E-state index in [1.54, 1.807) is 9.58 Å². The summed E-state index contributed by atoms with van der Waals surface area (Å²) in [4.78, 5) is 15.1. The average Bonchev–Trinajstić information content (AvgIpc) is 3.47. The van der Waals surface area contributed by atoms with Crippen LogP contribution in [-0.2, 0) is 4.79 Å². The van der Waals surface area contributed by atoms with Crippen LogP contribution in [-0.4, -0.2) is 31.5 Å². The van der Waals surface area contributed by atoms with Gasteiger partial charge in [-0.15, -0.1) is 0 Å². The van der Waals surface area contributed by atoms with Gasteiger partial charge in [-0.1, -0.05) is 67.3 Å². The number of rotatable bonds is 5. The van der Waals surface area contributed by atoms with E-state index >= 15 is 0 Å². The van der Waals surface area contributed by atoms with Crippen LogP contribution in [0.25, 0.3) is 34.2 Å². The van der Waals surface area contributed by atoms with Gasteiger partial charge in [0.05, 0.1) is 10.6 Å². The highest BCUT2D eigenvalue weighted by Gasteiger charge is 2.31. The van der Waals surface area contributed by atoms with Crippen molar-refractivity contribution in [2.24, 2.45) is 0 Å². The third kappa shape index (κ3) is 3.71. The number of nitrogens with zero attached hydrogens (tertiary/aromatic N) is 3. The van der Waals surface area contributed by atoms with Gasteiger partial charge in [0.15, 0.2) is 5.76 Å². The zero-order chi connectivity index (χ0) is 21.4. The Bertz CT molecular complexity index is 1290. The number of hydrogen-bond acceptors (Lipinski definition) is 5. The van der Waals surface area contributed by atoms with Crippen molar-refractivity contribution in [2.75, 3.05) is 6.54 Å². The van der Waals surface area contributed by atoms with Gasteiger partial charge in [-0.3, -0.25) is 9.69 Å². The highest BCUT2D eigenvalue weighted by molar-refractivity contribution is 8.26. The van der Waals surface area contributed by atoms with Gasteiger partial charge in [0.1, 0.15) is 15.6 Å². The Kier molecular flexibility index (Phi) is 5.21. The summed E-state index contributed by atoms with van der Waals surface area (Å²) in [5.41, 5.74) is 3.21. The fourth-order valence-corrected chi connectivity index (χ4v) is 4.85. The van der Waals surface area contributed by atoms with E-state index in [-0.39, 0.29) is 5.91 Å². The molecule has 0 saturated carbocycles. The van der Waals surface area contributed by atoms with E-state index in [1.807, 2.05) is 79.9 Å². The maximum Gasteiger partial charge on any atom is 0.266 e. The van der Waals surface area contributed by atoms with Gasteiger partial charge >= 0.3 is 0 Å². The fourth-order valence-electron chi connectivity index (χ4n) is 3.55. The molecule has 1 fully saturated rings. The molecule has 5 nitrogen and oxygen atoms in total. The molecular weight excluding hydrogens is 426 g/mol. The molecule has 0 unspecified atom stereocenters. The first kappa shape index (κ1) is 19.8. The van der Waals surface area contributed by atoms with Crippen molar-refractivity contribution in [1.82, 2.24) is 14.7 Å². The van der Waals surface area contributed by atoms with Crippen molar-refractivity contribution < 1.29 is 9.21 Å². The van der Waals surface area contributed by atoms with Crippen molar-refractivity contribution in [1.29, 1.82) is 0 Å². The monoisotopic (exact) mass is 445 g/mol. The highest BCUT2D eigenvalue weighted by atomic mass is 32.2. The summed E-state index contributed by atoms with van der Waals surface area (Å²) in [5, 5.41) is 5.81. The van der Waals surface area contributed by atoms with Crippen LogP contribution < -0.4 is 0 Å². The molecule has 2 aromatic heterocycles. The summed E-state index contributed by atoms with van der Waals surface area (Å²) in [6, 6.07) is 19.7. The Morgan fingerprint density at radius 2 is 1.90 bits per heavy atom. The average molecular weight is 446 g/mol. The molecule has 4 aromatic rings. The summed E-state index contributed by atoms with van der Waals surface area (Å²) >= 11 is 6.75. The number of fused-ring (bicyclic) bond motifs is 1. The van der Waals surface area contributed by atoms with Crippen LogP contribution in [0.3, 0.4) is 0 Å². The molecule has 2 aromatic carbocycles. The van der Waals surface area contributed by atoms with Gasteiger partial charge in [0, 0.05) is 23.7 Å². The Morgan fingerprint density at radius 1 is 1.13 bits per heavy atom. The number of amides is 1. The summed E-state index contributed by atoms with van der Waals surface area (Å²) in [5.74, 6) is 0.603. The van der Waals surface area contributed by atoms with E-state index < -0.39 is 0 Å². The van der Waals surface area contributed by atoms with E-state index in [4.69, 9.17) is 21.7 Å². The Labute approximate surface area is 189 Å². The Balaban J connectivity index is 1.63. The lowest BCUT2D eigenvalue weighted by molar-refractivity contribution is -0.122. The molecule has 0 atom stereocenters. The van der Waals surface area contributed by atoms with Gasteiger partial charge in [0.25, 0.3) is 5.91 Å². The number of thioether (sulfide) groups is 1. The lowest BCUT2D eigenvalue weighted by Crippen LogP contribution is -2.28. The van der Waals surface area contributed by atoms with Gasteiger partial charge in [-0.2, -0.15) is 5.10 Å². The zero-order valence-electron chi connectivity index (χ0n) is 16.8. The van der Waals surface area contributed by atoms with Crippen LogP contribution in [0.1, 0.15) is 18.9 Å². The molecule has 5 rings (SSSR count). The van der Waals surface area contributed by atoms with E-state index in [0.29, 0.717) is 27.2 Å². The second kappa shape index (κ2) is 8.17. The largest absolute Gasteiger partial charge is 0.454 e. The molecule has 1 aliphatic rings. The smallest absolute Gasteiger partial charge is 0.266 e. The predicted octanol–water partition coefficient (Wildman–Crippen LogP) is 5.90. The fraction of sp³-hybridized carbons (Fsp3) is 0.125. The Morgan fingerprint density at radius 3 is 2.68 bits per heavy atom. The van der Waals surface area contributed by atoms with Crippen molar-refractivity contribution in [2.45, 2.75) is 13.3 Å². The number of thiocarbonyl (C=S) groups is 1. The molecule has 0 aliphatic carbocycles. The molecule has 1 amide bonds. The number of carbonyl (C=O) groups excluding carboxylic acids is 1. The van der Waals surface area contributed by atoms with Crippen molar-refractivity contribution >= 4 is 51.3 Å². The summed E-state index contributed by atoms with van der Waals surface area (Å²) in [7, 11) is 0. The van der Waals surface area contributed by atoms with Gasteiger partial charge < -0.3 is 4.42 Å². The van der Waals surface area contributed by atoms with E-state index in [0.717, 1.165) is 28.6 Å². The highest BCUT2D eigenvalue weighted by Crippen LogP contribution is 2.36. The summed E-state index contributed by atoms with van der Waals surface area (Å²) in [6.45, 7) is 2.66. The second-order valence-electron chi connectivity index (χ2n) is 7.19. The molecule has 1 saturated heterocycles. The third-order valence-corrected chi connectivity index (χ3v) is 6.41. The molecule has 0 bridgehead atoms. The van der Waals surface area contributed by atoms with E-state index in [9.17, 15) is 4.79 Å². The van der Waals surface area contributed by atoms with Crippen LogP contribution >= 0.6 is 24.0 Å². The number of hydrogen-bond donors (Lipinski definition) is 0. The molecule has 154 valence electrons. The van der Waals surface area contributed by atoms with Gasteiger partial charge in [-0.25, -0.2) is 4.68 Å². The van der Waals surface area contributed by atoms with Crippen molar-refractivity contribution in [3.63, 3.8) is 0 Å². The van der Waals surface area contributed by atoms with Crippen LogP contribution in [0.15, 0.2) is 76.2 Å². The number of para-hydroxylation sites is 2. The minimum atomic E-state index is -0.0557. The molecule has 0 N–H and O–H groups in total. The topological polar surface area (TPSA) is 51.3 Å². The first-order valence-electron chi connectivity index (χ1n) is 10.0. The summed E-state index contributed by atoms with van der Waals surface area (Å²) in [6.07, 6.45) is 4.64. The molecular formula is C24H19N3O2S2. The van der Waals surface area contributed by atoms with Gasteiger partial charge in [0.2, 0.25) is 0 Å². The van der Waals surface area contributed by atoms with Crippen LogP contribution in [0, 0.1) is 0 Å². The van der Waals surface area contributed by atoms with Crippen LogP contribution in [0.5, 0.6) is 0 Å². The summed E-state index contributed by atoms with van der Waals surface area (Å²) < 4.78 is 8.49. The number of carbonyl (C=O) groups is 1. The van der Waals surface area contributed by atoms with Crippen molar-refractivity contribution in [3.05, 3.63) is 77.3 Å². The quantitative estimate of drug-likeness (QED) is 0.283. The maximum absolute atomic E-state index is 12.9. The number of furan rings is 1. The van der Waals surface area contributed by atoms with Gasteiger partial charge in [-0.05, 0) is 36.8 Å². The minimum absolute atomic E-state index is 0.0557. The minimum Gasteiger partial charge on any atom is -0.454 e. The lowest BCUT2D eigenvalue weighted by Gasteiger charge is -2.11. The first-order chi connectivity index (χ1) is 15.1. The predicted molar refractivity (Wildman–Crippen MR) is 129 cm³/mol. The van der Waals surface area contributed by atoms with E-state index in [2.05, 4.69) is 0 Å². The van der Waals surface area contributed by atoms with Crippen molar-refractivity contribution in [3.8, 4) is 17.1 Å². The van der Waals surface area contributed by atoms with Crippen LogP contribution in [0.4, 0.5) is 0 Å². The standard InChI is InChI=1S/C24H19N3O2S2/c1-2-12-26-23(28)21(31-24(26)30)14-17-15-27(18-9-4-3-5-10-18)25-22(17)20-13-16-8-6-7-11-19(16)29-20/h3-11,13-15H,2,12H2,1H3. The number of aromatic nitrogens is 2. The lowest BCUT2D eigenvalue weighted by atomic mass is 10.1. The normalized spacial score (nSPS) is 15.5. The molecule has 1 aliphatic heterocycles. The Hall–Kier alpha value is -3.16. The molecule has 31 heavy (non-hydrogen) atoms. The molecule has 7 heteroatoms. The second-order valence-corrected chi connectivity index (χ2v) is 8.87. The number of benzene rings is 2. The SMILES string of the molecule is CCCN1C(=O)C(=Cc2cn(-c3ccccc3)nc2-c2cc3ccccc3o2)SC1=S. The van der Waals surface area contributed by atoms with Crippen LogP contribution in [0.2, 0.25) is 0 Å².